The molecular weight excluding hydrogens is 252 g/mol. The summed E-state index contributed by atoms with van der Waals surface area (Å²) in [5.74, 6) is 0.198. The Balaban J connectivity index is 1.59. The summed E-state index contributed by atoms with van der Waals surface area (Å²) in [5.41, 5.74) is 1.84. The Bertz CT molecular complexity index is 601. The van der Waals surface area contributed by atoms with Crippen LogP contribution in [0.1, 0.15) is 25.5 Å². The Morgan fingerprint density at radius 3 is 3.00 bits per heavy atom. The van der Waals surface area contributed by atoms with Crippen LogP contribution in [0.4, 0.5) is 0 Å². The van der Waals surface area contributed by atoms with Gasteiger partial charge in [-0.05, 0) is 38.0 Å². The summed E-state index contributed by atoms with van der Waals surface area (Å²) >= 11 is 0. The highest BCUT2D eigenvalue weighted by Gasteiger charge is 2.22. The number of H-pyrrole nitrogens is 1. The number of carbonyl (C=O) groups is 1. The molecule has 0 radical (unpaired) electrons. The van der Waals surface area contributed by atoms with Gasteiger partial charge < -0.3 is 15.2 Å². The maximum absolute atomic E-state index is 12.2. The SMILES string of the molecule is CC(NCc1ccc2cc[nH]c2n1)C(=O)N1CCCC1. The van der Waals surface area contributed by atoms with Crippen molar-refractivity contribution in [2.24, 2.45) is 0 Å². The van der Waals surface area contributed by atoms with Crippen LogP contribution in [0, 0.1) is 0 Å². The number of carbonyl (C=O) groups excluding carboxylic acids is 1. The Hall–Kier alpha value is -1.88. The van der Waals surface area contributed by atoms with Gasteiger partial charge in [-0.3, -0.25) is 4.79 Å². The normalized spacial score (nSPS) is 16.8. The van der Waals surface area contributed by atoms with Crippen molar-refractivity contribution in [1.29, 1.82) is 0 Å². The zero-order valence-electron chi connectivity index (χ0n) is 11.7. The highest BCUT2D eigenvalue weighted by atomic mass is 16.2. The molecule has 1 atom stereocenters. The van der Waals surface area contributed by atoms with E-state index in [-0.39, 0.29) is 11.9 Å². The van der Waals surface area contributed by atoms with Gasteiger partial charge in [0.1, 0.15) is 5.65 Å². The van der Waals surface area contributed by atoms with Gasteiger partial charge in [-0.15, -0.1) is 0 Å². The molecule has 0 aromatic carbocycles. The molecule has 1 unspecified atom stereocenters. The van der Waals surface area contributed by atoms with Gasteiger partial charge >= 0.3 is 0 Å². The molecule has 106 valence electrons. The zero-order valence-corrected chi connectivity index (χ0v) is 11.7. The molecule has 2 aromatic heterocycles. The second-order valence-electron chi connectivity index (χ2n) is 5.35. The van der Waals surface area contributed by atoms with Crippen molar-refractivity contribution in [3.8, 4) is 0 Å². The number of nitrogens with zero attached hydrogens (tertiary/aromatic N) is 2. The van der Waals surface area contributed by atoms with Crippen LogP contribution in [0.5, 0.6) is 0 Å². The van der Waals surface area contributed by atoms with E-state index >= 15 is 0 Å². The van der Waals surface area contributed by atoms with Gasteiger partial charge in [0.2, 0.25) is 5.91 Å². The van der Waals surface area contributed by atoms with E-state index in [1.807, 2.05) is 36.2 Å². The first-order valence-corrected chi connectivity index (χ1v) is 7.19. The summed E-state index contributed by atoms with van der Waals surface area (Å²) in [6, 6.07) is 5.88. The Labute approximate surface area is 118 Å². The molecule has 1 amide bonds. The second-order valence-corrected chi connectivity index (χ2v) is 5.35. The van der Waals surface area contributed by atoms with Crippen molar-refractivity contribution in [1.82, 2.24) is 20.2 Å². The van der Waals surface area contributed by atoms with Crippen molar-refractivity contribution in [2.45, 2.75) is 32.4 Å². The van der Waals surface area contributed by atoms with Crippen molar-refractivity contribution in [3.05, 3.63) is 30.1 Å². The Morgan fingerprint density at radius 2 is 2.20 bits per heavy atom. The average Bonchev–Trinajstić information content (AvgIpc) is 3.13. The molecule has 0 spiro atoms. The predicted octanol–water partition coefficient (Wildman–Crippen LogP) is 1.66. The van der Waals surface area contributed by atoms with E-state index in [0.717, 1.165) is 42.7 Å². The summed E-state index contributed by atoms with van der Waals surface area (Å²) in [5, 5.41) is 4.37. The Kier molecular flexibility index (Phi) is 3.69. The molecule has 3 rings (SSSR count). The van der Waals surface area contributed by atoms with Crippen LogP contribution in [-0.4, -0.2) is 39.9 Å². The van der Waals surface area contributed by atoms with E-state index in [4.69, 9.17) is 0 Å². The minimum atomic E-state index is -0.158. The summed E-state index contributed by atoms with van der Waals surface area (Å²) in [6.45, 7) is 4.33. The molecule has 0 aliphatic carbocycles. The predicted molar refractivity (Wildman–Crippen MR) is 78.2 cm³/mol. The third-order valence-electron chi connectivity index (χ3n) is 3.84. The molecule has 2 aromatic rings. The highest BCUT2D eigenvalue weighted by molar-refractivity contribution is 5.81. The number of hydrogen-bond acceptors (Lipinski definition) is 3. The highest BCUT2D eigenvalue weighted by Crippen LogP contribution is 2.11. The molecular formula is C15H20N4O. The van der Waals surface area contributed by atoms with Crippen molar-refractivity contribution in [3.63, 3.8) is 0 Å². The quantitative estimate of drug-likeness (QED) is 0.890. The third-order valence-corrected chi connectivity index (χ3v) is 3.84. The number of hydrogen-bond donors (Lipinski definition) is 2. The van der Waals surface area contributed by atoms with E-state index < -0.39 is 0 Å². The number of fused-ring (bicyclic) bond motifs is 1. The number of aromatic amines is 1. The summed E-state index contributed by atoms with van der Waals surface area (Å²) in [4.78, 5) is 21.7. The third kappa shape index (κ3) is 2.67. The van der Waals surface area contributed by atoms with Crippen LogP contribution in [0.15, 0.2) is 24.4 Å². The lowest BCUT2D eigenvalue weighted by molar-refractivity contribution is -0.131. The topological polar surface area (TPSA) is 61.0 Å². The second kappa shape index (κ2) is 5.63. The van der Waals surface area contributed by atoms with Gasteiger partial charge in [-0.2, -0.15) is 0 Å². The fourth-order valence-corrected chi connectivity index (χ4v) is 2.63. The van der Waals surface area contributed by atoms with E-state index in [0.29, 0.717) is 6.54 Å². The molecule has 1 aliphatic rings. The van der Waals surface area contributed by atoms with Gasteiger partial charge in [0.25, 0.3) is 0 Å². The molecule has 5 nitrogen and oxygen atoms in total. The largest absolute Gasteiger partial charge is 0.346 e. The number of likely N-dealkylation sites (tertiary alicyclic amines) is 1. The van der Waals surface area contributed by atoms with Gasteiger partial charge in [-0.1, -0.05) is 0 Å². The molecule has 1 saturated heterocycles. The monoisotopic (exact) mass is 272 g/mol. The Morgan fingerprint density at radius 1 is 1.40 bits per heavy atom. The van der Waals surface area contributed by atoms with Gasteiger partial charge in [0, 0.05) is 31.2 Å². The standard InChI is InChI=1S/C15H20N4O/c1-11(15(20)19-8-2-3-9-19)17-10-13-5-4-12-6-7-16-14(12)18-13/h4-7,11,17H,2-3,8-10H2,1H3,(H,16,18). The van der Waals surface area contributed by atoms with Crippen LogP contribution >= 0.6 is 0 Å². The summed E-state index contributed by atoms with van der Waals surface area (Å²) < 4.78 is 0. The first kappa shape index (κ1) is 13.1. The molecule has 1 fully saturated rings. The molecule has 0 bridgehead atoms. The first-order chi connectivity index (χ1) is 9.74. The van der Waals surface area contributed by atoms with Gasteiger partial charge in [0.05, 0.1) is 11.7 Å². The molecule has 3 heterocycles. The van der Waals surface area contributed by atoms with Crippen LogP contribution < -0.4 is 5.32 Å². The molecule has 20 heavy (non-hydrogen) atoms. The summed E-state index contributed by atoms with van der Waals surface area (Å²) in [6.07, 6.45) is 4.14. The van der Waals surface area contributed by atoms with Gasteiger partial charge in [-0.25, -0.2) is 4.98 Å². The fraction of sp³-hybridized carbons (Fsp3) is 0.467. The van der Waals surface area contributed by atoms with Crippen LogP contribution in [0.3, 0.4) is 0 Å². The minimum absolute atomic E-state index is 0.158. The van der Waals surface area contributed by atoms with Crippen molar-refractivity contribution < 1.29 is 4.79 Å². The lowest BCUT2D eigenvalue weighted by Gasteiger charge is -2.21. The van der Waals surface area contributed by atoms with E-state index in [1.54, 1.807) is 0 Å². The fourth-order valence-electron chi connectivity index (χ4n) is 2.63. The smallest absolute Gasteiger partial charge is 0.239 e. The lowest BCUT2D eigenvalue weighted by atomic mass is 10.2. The number of aromatic nitrogens is 2. The number of pyridine rings is 1. The molecule has 0 saturated carbocycles. The molecule has 5 heteroatoms. The molecule has 1 aliphatic heterocycles. The average molecular weight is 272 g/mol. The van der Waals surface area contributed by atoms with E-state index in [1.165, 1.54) is 0 Å². The number of nitrogens with one attached hydrogen (secondary N) is 2. The van der Waals surface area contributed by atoms with Gasteiger partial charge in [0.15, 0.2) is 0 Å². The van der Waals surface area contributed by atoms with Crippen LogP contribution in [0.2, 0.25) is 0 Å². The zero-order chi connectivity index (χ0) is 13.9. The number of amides is 1. The maximum atomic E-state index is 12.2. The van der Waals surface area contributed by atoms with Crippen molar-refractivity contribution in [2.75, 3.05) is 13.1 Å². The minimum Gasteiger partial charge on any atom is -0.346 e. The van der Waals surface area contributed by atoms with E-state index in [9.17, 15) is 4.79 Å². The maximum Gasteiger partial charge on any atom is 0.239 e. The molecule has 2 N–H and O–H groups in total. The summed E-state index contributed by atoms with van der Waals surface area (Å²) in [7, 11) is 0. The lowest BCUT2D eigenvalue weighted by Crippen LogP contribution is -2.43. The van der Waals surface area contributed by atoms with Crippen LogP contribution in [-0.2, 0) is 11.3 Å². The first-order valence-electron chi connectivity index (χ1n) is 7.19. The van der Waals surface area contributed by atoms with E-state index in [2.05, 4.69) is 15.3 Å². The van der Waals surface area contributed by atoms with Crippen LogP contribution in [0.25, 0.3) is 11.0 Å². The van der Waals surface area contributed by atoms with Crippen molar-refractivity contribution >= 4 is 16.9 Å². The number of rotatable bonds is 4.